The molecule has 0 saturated carbocycles. The summed E-state index contributed by atoms with van der Waals surface area (Å²) in [5.41, 5.74) is 1.28. The fraction of sp³-hybridized carbons (Fsp3) is 0.412. The molecule has 1 atom stereocenters. The van der Waals surface area contributed by atoms with Crippen LogP contribution < -0.4 is 5.32 Å². The molecule has 2 aromatic rings. The second-order valence-electron chi connectivity index (χ2n) is 5.75. The summed E-state index contributed by atoms with van der Waals surface area (Å²) in [4.78, 5) is 12.3. The van der Waals surface area contributed by atoms with Gasteiger partial charge in [-0.25, -0.2) is 0 Å². The van der Waals surface area contributed by atoms with Crippen LogP contribution >= 0.6 is 0 Å². The van der Waals surface area contributed by atoms with Gasteiger partial charge < -0.3 is 10.4 Å². The van der Waals surface area contributed by atoms with E-state index in [9.17, 15) is 4.79 Å². The minimum atomic E-state index is -0.395. The zero-order chi connectivity index (χ0) is 16.0. The molecule has 1 unspecified atom stereocenters. The number of benzene rings is 1. The largest absolute Gasteiger partial charge is 0.396 e. The van der Waals surface area contributed by atoms with Crippen molar-refractivity contribution in [1.29, 1.82) is 0 Å². The molecule has 1 amide bonds. The van der Waals surface area contributed by atoms with Crippen LogP contribution in [-0.2, 0) is 6.54 Å². The average molecular weight is 301 g/mol. The molecule has 2 N–H and O–H groups in total. The average Bonchev–Trinajstić information content (AvgIpc) is 2.97. The first kappa shape index (κ1) is 16.2. The van der Waals surface area contributed by atoms with E-state index in [2.05, 4.69) is 10.4 Å². The molecule has 5 nitrogen and oxygen atoms in total. The zero-order valence-corrected chi connectivity index (χ0v) is 13.1. The molecule has 5 heteroatoms. The predicted octanol–water partition coefficient (Wildman–Crippen LogP) is 2.21. The summed E-state index contributed by atoms with van der Waals surface area (Å²) < 4.78 is 1.75. The Morgan fingerprint density at radius 3 is 2.73 bits per heavy atom. The zero-order valence-electron chi connectivity index (χ0n) is 13.1. The van der Waals surface area contributed by atoms with Gasteiger partial charge in [0.25, 0.3) is 5.91 Å². The molecule has 2 rings (SSSR count). The Labute approximate surface area is 131 Å². The van der Waals surface area contributed by atoms with E-state index in [0.717, 1.165) is 12.0 Å². The third-order valence-corrected chi connectivity index (χ3v) is 3.94. The molecule has 0 aliphatic rings. The van der Waals surface area contributed by atoms with Gasteiger partial charge in [-0.2, -0.15) is 5.10 Å². The maximum atomic E-state index is 12.3. The van der Waals surface area contributed by atoms with Gasteiger partial charge in [0.2, 0.25) is 0 Å². The van der Waals surface area contributed by atoms with Crippen LogP contribution in [0.1, 0.15) is 42.6 Å². The number of hydrogen-bond donors (Lipinski definition) is 2. The van der Waals surface area contributed by atoms with Crippen LogP contribution in [0.25, 0.3) is 0 Å². The first-order chi connectivity index (χ1) is 10.6. The van der Waals surface area contributed by atoms with Gasteiger partial charge in [-0.1, -0.05) is 37.3 Å². The number of aromatic nitrogens is 2. The third-order valence-electron chi connectivity index (χ3n) is 3.94. The molecule has 0 bridgehead atoms. The minimum Gasteiger partial charge on any atom is -0.396 e. The molecule has 1 aromatic carbocycles. The standard InChI is InChI=1S/C17H23N3O2/c1-3-17(2,9-10-21)19-16(22)15-11-18-20(13-15)12-14-7-5-4-6-8-14/h4-8,11,13,21H,3,9-10,12H2,1-2H3,(H,19,22). The van der Waals surface area contributed by atoms with Crippen LogP contribution in [0.4, 0.5) is 0 Å². The molecule has 0 aliphatic heterocycles. The van der Waals surface area contributed by atoms with Crippen molar-refractivity contribution < 1.29 is 9.90 Å². The van der Waals surface area contributed by atoms with Crippen LogP contribution in [0.15, 0.2) is 42.7 Å². The van der Waals surface area contributed by atoms with E-state index in [4.69, 9.17) is 5.11 Å². The highest BCUT2D eigenvalue weighted by atomic mass is 16.3. The summed E-state index contributed by atoms with van der Waals surface area (Å²) in [6.07, 6.45) is 4.62. The Kier molecular flexibility index (Phi) is 5.33. The van der Waals surface area contributed by atoms with Crippen molar-refractivity contribution in [1.82, 2.24) is 15.1 Å². The minimum absolute atomic E-state index is 0.0535. The normalized spacial score (nSPS) is 13.6. The van der Waals surface area contributed by atoms with E-state index in [-0.39, 0.29) is 12.5 Å². The van der Waals surface area contributed by atoms with Gasteiger partial charge in [0.1, 0.15) is 0 Å². The number of aliphatic hydroxyl groups is 1. The van der Waals surface area contributed by atoms with Gasteiger partial charge in [-0.15, -0.1) is 0 Å². The Bertz CT molecular complexity index is 609. The maximum absolute atomic E-state index is 12.3. The van der Waals surface area contributed by atoms with Crippen molar-refractivity contribution in [2.75, 3.05) is 6.61 Å². The third kappa shape index (κ3) is 4.18. The van der Waals surface area contributed by atoms with Gasteiger partial charge in [0, 0.05) is 18.3 Å². The quantitative estimate of drug-likeness (QED) is 0.824. The number of nitrogens with zero attached hydrogens (tertiary/aromatic N) is 2. The van der Waals surface area contributed by atoms with E-state index >= 15 is 0 Å². The van der Waals surface area contributed by atoms with E-state index in [0.29, 0.717) is 18.5 Å². The summed E-state index contributed by atoms with van der Waals surface area (Å²) in [6.45, 7) is 4.62. The van der Waals surface area contributed by atoms with Crippen LogP contribution in [0.2, 0.25) is 0 Å². The Morgan fingerprint density at radius 1 is 1.36 bits per heavy atom. The smallest absolute Gasteiger partial charge is 0.254 e. The van der Waals surface area contributed by atoms with E-state index in [1.807, 2.05) is 44.2 Å². The molecule has 0 saturated heterocycles. The molecule has 0 aliphatic carbocycles. The van der Waals surface area contributed by atoms with Gasteiger partial charge in [0.05, 0.1) is 18.3 Å². The summed E-state index contributed by atoms with van der Waals surface area (Å²) in [6, 6.07) is 9.98. The number of hydrogen-bond acceptors (Lipinski definition) is 3. The Balaban J connectivity index is 2.03. The summed E-state index contributed by atoms with van der Waals surface area (Å²) in [5.74, 6) is -0.155. The predicted molar refractivity (Wildman–Crippen MR) is 85.6 cm³/mol. The fourth-order valence-corrected chi connectivity index (χ4v) is 2.26. The van der Waals surface area contributed by atoms with Gasteiger partial charge >= 0.3 is 0 Å². The number of aliphatic hydroxyl groups excluding tert-OH is 1. The van der Waals surface area contributed by atoms with E-state index in [1.54, 1.807) is 17.1 Å². The van der Waals surface area contributed by atoms with Crippen LogP contribution in [-0.4, -0.2) is 32.9 Å². The lowest BCUT2D eigenvalue weighted by molar-refractivity contribution is 0.0886. The molecular formula is C17H23N3O2. The van der Waals surface area contributed by atoms with Crippen molar-refractivity contribution in [3.8, 4) is 0 Å². The topological polar surface area (TPSA) is 67.2 Å². The molecule has 1 heterocycles. The van der Waals surface area contributed by atoms with Crippen molar-refractivity contribution in [3.63, 3.8) is 0 Å². The maximum Gasteiger partial charge on any atom is 0.254 e. The van der Waals surface area contributed by atoms with Gasteiger partial charge in [0.15, 0.2) is 0 Å². The van der Waals surface area contributed by atoms with E-state index < -0.39 is 5.54 Å². The van der Waals surface area contributed by atoms with Gasteiger partial charge in [-0.05, 0) is 25.3 Å². The van der Waals surface area contributed by atoms with E-state index in [1.165, 1.54) is 0 Å². The molecule has 22 heavy (non-hydrogen) atoms. The summed E-state index contributed by atoms with van der Waals surface area (Å²) >= 11 is 0. The second kappa shape index (κ2) is 7.22. The van der Waals surface area contributed by atoms with Crippen LogP contribution in [0.5, 0.6) is 0 Å². The number of nitrogens with one attached hydrogen (secondary N) is 1. The van der Waals surface area contributed by atoms with Gasteiger partial charge in [-0.3, -0.25) is 9.48 Å². The lowest BCUT2D eigenvalue weighted by Gasteiger charge is -2.28. The number of rotatable bonds is 7. The molecule has 0 radical (unpaired) electrons. The molecular weight excluding hydrogens is 278 g/mol. The number of carbonyl (C=O) groups is 1. The summed E-state index contributed by atoms with van der Waals surface area (Å²) in [5, 5.41) is 16.3. The lowest BCUT2D eigenvalue weighted by Crippen LogP contribution is -2.46. The first-order valence-corrected chi connectivity index (χ1v) is 7.56. The van der Waals surface area contributed by atoms with Crippen LogP contribution in [0, 0.1) is 0 Å². The highest BCUT2D eigenvalue weighted by Crippen LogP contribution is 2.15. The lowest BCUT2D eigenvalue weighted by atomic mass is 9.94. The highest BCUT2D eigenvalue weighted by Gasteiger charge is 2.24. The Hall–Kier alpha value is -2.14. The van der Waals surface area contributed by atoms with Crippen molar-refractivity contribution in [3.05, 3.63) is 53.9 Å². The molecule has 1 aromatic heterocycles. The number of carbonyl (C=O) groups excluding carboxylic acids is 1. The van der Waals surface area contributed by atoms with Crippen molar-refractivity contribution in [2.45, 2.75) is 38.8 Å². The number of amides is 1. The summed E-state index contributed by atoms with van der Waals surface area (Å²) in [7, 11) is 0. The SMILES string of the molecule is CCC(C)(CCO)NC(=O)c1cnn(Cc2ccccc2)c1. The fourth-order valence-electron chi connectivity index (χ4n) is 2.26. The van der Waals surface area contributed by atoms with Crippen LogP contribution in [0.3, 0.4) is 0 Å². The molecule has 0 fully saturated rings. The monoisotopic (exact) mass is 301 g/mol. The highest BCUT2D eigenvalue weighted by molar-refractivity contribution is 5.94. The molecule has 0 spiro atoms. The first-order valence-electron chi connectivity index (χ1n) is 7.56. The second-order valence-corrected chi connectivity index (χ2v) is 5.75. The van der Waals surface area contributed by atoms with Crippen molar-refractivity contribution >= 4 is 5.91 Å². The molecule has 118 valence electrons. The Morgan fingerprint density at radius 2 is 2.09 bits per heavy atom. The van der Waals surface area contributed by atoms with Crippen molar-refractivity contribution in [2.24, 2.45) is 0 Å².